The summed E-state index contributed by atoms with van der Waals surface area (Å²) in [6, 6.07) is -2.35. The summed E-state index contributed by atoms with van der Waals surface area (Å²) in [4.78, 5) is 10.3. The highest BCUT2D eigenvalue weighted by Gasteiger charge is 2.43. The van der Waals surface area contributed by atoms with Crippen LogP contribution in [0.4, 0.5) is 18.0 Å². The number of carbonyl (C=O) groups excluding carboxylic acids is 1. The molecular weight excluding hydrogens is 229 g/mol. The molecule has 0 aliphatic heterocycles. The molecule has 0 spiro atoms. The Morgan fingerprint density at radius 3 is 2.50 bits per heavy atom. The van der Waals surface area contributed by atoms with E-state index in [2.05, 4.69) is 10.1 Å². The fraction of sp³-hybridized carbons (Fsp3) is 0.875. The molecule has 0 aromatic carbocycles. The van der Waals surface area contributed by atoms with Crippen LogP contribution in [0, 0.1) is 0 Å². The number of nitrogens with one attached hydrogen (secondary N) is 1. The Morgan fingerprint density at radius 1 is 1.56 bits per heavy atom. The number of hydrogen-bond donors (Lipinski definition) is 3. The molecule has 1 atom stereocenters. The van der Waals surface area contributed by atoms with Gasteiger partial charge < -0.3 is 20.9 Å². The molecular formula is C8H13F3N2O3. The van der Waals surface area contributed by atoms with Crippen LogP contribution in [0.5, 0.6) is 0 Å². The van der Waals surface area contributed by atoms with Crippen LogP contribution in [0.15, 0.2) is 0 Å². The Balaban J connectivity index is 2.28. The highest BCUT2D eigenvalue weighted by molar-refractivity contribution is 5.64. The SMILES string of the molecule is NC(=O)OC1CC(NC(CO)C(F)(F)F)C1. The molecule has 1 aliphatic carbocycles. The van der Waals surface area contributed by atoms with Crippen molar-refractivity contribution in [1.82, 2.24) is 5.32 Å². The molecule has 0 bridgehead atoms. The van der Waals surface area contributed by atoms with Crippen LogP contribution in [0.3, 0.4) is 0 Å². The largest absolute Gasteiger partial charge is 0.446 e. The number of primary amides is 1. The zero-order chi connectivity index (χ0) is 12.3. The number of aliphatic hydroxyl groups is 1. The van der Waals surface area contributed by atoms with E-state index in [0.717, 1.165) is 0 Å². The summed E-state index contributed by atoms with van der Waals surface area (Å²) >= 11 is 0. The van der Waals surface area contributed by atoms with E-state index in [1.165, 1.54) is 0 Å². The molecule has 0 saturated heterocycles. The highest BCUT2D eigenvalue weighted by Crippen LogP contribution is 2.27. The number of nitrogens with two attached hydrogens (primary N) is 1. The van der Waals surface area contributed by atoms with Crippen molar-refractivity contribution in [2.75, 3.05) is 6.61 Å². The minimum absolute atomic E-state index is 0.273. The summed E-state index contributed by atoms with van der Waals surface area (Å²) in [6.07, 6.45) is -5.30. The maximum Gasteiger partial charge on any atom is 0.406 e. The van der Waals surface area contributed by atoms with Gasteiger partial charge in [0.15, 0.2) is 0 Å². The lowest BCUT2D eigenvalue weighted by Gasteiger charge is -2.37. The smallest absolute Gasteiger partial charge is 0.406 e. The number of halogens is 3. The van der Waals surface area contributed by atoms with Gasteiger partial charge in [0.05, 0.1) is 6.61 Å². The Labute approximate surface area is 89.7 Å². The summed E-state index contributed by atoms with van der Waals surface area (Å²) < 4.78 is 41.2. The van der Waals surface area contributed by atoms with Gasteiger partial charge in [-0.2, -0.15) is 13.2 Å². The quantitative estimate of drug-likeness (QED) is 0.654. The Morgan fingerprint density at radius 2 is 2.12 bits per heavy atom. The average Bonchev–Trinajstić information content (AvgIpc) is 2.05. The first-order valence-electron chi connectivity index (χ1n) is 4.72. The molecule has 1 unspecified atom stereocenters. The number of hydrogen-bond acceptors (Lipinski definition) is 4. The summed E-state index contributed by atoms with van der Waals surface area (Å²) in [5.74, 6) is 0. The van der Waals surface area contributed by atoms with E-state index in [9.17, 15) is 18.0 Å². The molecule has 0 aromatic rings. The highest BCUT2D eigenvalue weighted by atomic mass is 19.4. The van der Waals surface area contributed by atoms with Crippen LogP contribution < -0.4 is 11.1 Å². The van der Waals surface area contributed by atoms with Gasteiger partial charge in [0.25, 0.3) is 0 Å². The Hall–Kier alpha value is -1.02. The van der Waals surface area contributed by atoms with E-state index >= 15 is 0 Å². The summed E-state index contributed by atoms with van der Waals surface area (Å²) in [7, 11) is 0. The topological polar surface area (TPSA) is 84.6 Å². The number of rotatable bonds is 4. The van der Waals surface area contributed by atoms with Gasteiger partial charge in [-0.3, -0.25) is 0 Å². The maximum absolute atomic E-state index is 12.2. The van der Waals surface area contributed by atoms with Crippen molar-refractivity contribution in [3.63, 3.8) is 0 Å². The van der Waals surface area contributed by atoms with Crippen LogP contribution in [0.1, 0.15) is 12.8 Å². The predicted molar refractivity (Wildman–Crippen MR) is 47.5 cm³/mol. The predicted octanol–water partition coefficient (Wildman–Crippen LogP) is 0.126. The zero-order valence-corrected chi connectivity index (χ0v) is 8.33. The van der Waals surface area contributed by atoms with Crippen molar-refractivity contribution in [2.24, 2.45) is 5.73 Å². The molecule has 16 heavy (non-hydrogen) atoms. The Bertz CT molecular complexity index is 253. The van der Waals surface area contributed by atoms with E-state index in [1.807, 2.05) is 0 Å². The third-order valence-electron chi connectivity index (χ3n) is 2.39. The van der Waals surface area contributed by atoms with Gasteiger partial charge >= 0.3 is 12.3 Å². The number of alkyl halides is 3. The number of aliphatic hydroxyl groups excluding tert-OH is 1. The van der Waals surface area contributed by atoms with Gasteiger partial charge in [0.1, 0.15) is 12.1 Å². The first-order chi connectivity index (χ1) is 7.32. The molecule has 5 nitrogen and oxygen atoms in total. The lowest BCUT2D eigenvalue weighted by Crippen LogP contribution is -2.55. The molecule has 1 rings (SSSR count). The van der Waals surface area contributed by atoms with Gasteiger partial charge in [-0.1, -0.05) is 0 Å². The van der Waals surface area contributed by atoms with Crippen LogP contribution in [0.25, 0.3) is 0 Å². The van der Waals surface area contributed by atoms with E-state index in [4.69, 9.17) is 10.8 Å². The van der Waals surface area contributed by atoms with Crippen molar-refractivity contribution >= 4 is 6.09 Å². The van der Waals surface area contributed by atoms with E-state index in [1.54, 1.807) is 0 Å². The van der Waals surface area contributed by atoms with E-state index in [-0.39, 0.29) is 12.8 Å². The monoisotopic (exact) mass is 242 g/mol. The van der Waals surface area contributed by atoms with E-state index < -0.39 is 37.1 Å². The maximum atomic E-state index is 12.2. The van der Waals surface area contributed by atoms with Crippen molar-refractivity contribution in [3.8, 4) is 0 Å². The third kappa shape index (κ3) is 3.53. The van der Waals surface area contributed by atoms with Crippen LogP contribution in [-0.2, 0) is 4.74 Å². The van der Waals surface area contributed by atoms with Crippen molar-refractivity contribution < 1.29 is 27.8 Å². The molecule has 1 aliphatic rings. The second kappa shape index (κ2) is 4.88. The number of ether oxygens (including phenoxy) is 1. The van der Waals surface area contributed by atoms with Gasteiger partial charge in [0.2, 0.25) is 0 Å². The second-order valence-corrected chi connectivity index (χ2v) is 3.67. The molecule has 0 heterocycles. The minimum Gasteiger partial charge on any atom is -0.446 e. The summed E-state index contributed by atoms with van der Waals surface area (Å²) in [5, 5.41) is 10.8. The third-order valence-corrected chi connectivity index (χ3v) is 2.39. The number of carbonyl (C=O) groups is 1. The van der Waals surface area contributed by atoms with Gasteiger partial charge in [0, 0.05) is 6.04 Å². The van der Waals surface area contributed by atoms with Crippen LogP contribution in [-0.4, -0.2) is 42.2 Å². The normalized spacial score (nSPS) is 27.0. The molecule has 0 aromatic heterocycles. The molecule has 1 fully saturated rings. The van der Waals surface area contributed by atoms with Crippen LogP contribution >= 0.6 is 0 Å². The summed E-state index contributed by atoms with van der Waals surface area (Å²) in [5.41, 5.74) is 4.74. The second-order valence-electron chi connectivity index (χ2n) is 3.67. The molecule has 1 amide bonds. The molecule has 1 saturated carbocycles. The molecule has 4 N–H and O–H groups in total. The lowest BCUT2D eigenvalue weighted by molar-refractivity contribution is -0.168. The number of amides is 1. The van der Waals surface area contributed by atoms with E-state index in [0.29, 0.717) is 0 Å². The minimum atomic E-state index is -4.48. The first-order valence-corrected chi connectivity index (χ1v) is 4.72. The lowest BCUT2D eigenvalue weighted by atomic mass is 9.88. The molecule has 94 valence electrons. The fourth-order valence-electron chi connectivity index (χ4n) is 1.50. The van der Waals surface area contributed by atoms with Crippen molar-refractivity contribution in [3.05, 3.63) is 0 Å². The van der Waals surface area contributed by atoms with Crippen LogP contribution in [0.2, 0.25) is 0 Å². The molecule has 0 radical (unpaired) electrons. The Kier molecular flexibility index (Phi) is 3.98. The fourth-order valence-corrected chi connectivity index (χ4v) is 1.50. The van der Waals surface area contributed by atoms with Gasteiger partial charge in [-0.25, -0.2) is 4.79 Å². The first kappa shape index (κ1) is 13.0. The summed E-state index contributed by atoms with van der Waals surface area (Å²) in [6.45, 7) is -1.01. The average molecular weight is 242 g/mol. The van der Waals surface area contributed by atoms with Crippen molar-refractivity contribution in [1.29, 1.82) is 0 Å². The standard InChI is InChI=1S/C8H13F3N2O3/c9-8(10,11)6(3-14)13-4-1-5(2-4)16-7(12)15/h4-6,13-14H,1-3H2,(H2,12,15). The van der Waals surface area contributed by atoms with Crippen molar-refractivity contribution in [2.45, 2.75) is 37.2 Å². The zero-order valence-electron chi connectivity index (χ0n) is 8.33. The van der Waals surface area contributed by atoms with Gasteiger partial charge in [-0.05, 0) is 12.8 Å². The van der Waals surface area contributed by atoms with Gasteiger partial charge in [-0.15, -0.1) is 0 Å². The molecule has 8 heteroatoms.